The highest BCUT2D eigenvalue weighted by molar-refractivity contribution is 4.94. The van der Waals surface area contributed by atoms with Gasteiger partial charge in [0.25, 0.3) is 0 Å². The van der Waals surface area contributed by atoms with E-state index in [1.807, 2.05) is 0 Å². The third kappa shape index (κ3) is 7.97. The number of nitrogens with zero attached hydrogens (tertiary/aromatic N) is 2. The van der Waals surface area contributed by atoms with Crippen LogP contribution in [0.25, 0.3) is 0 Å². The minimum Gasteiger partial charge on any atom is -0.323 e. The molecule has 2 N–H and O–H groups in total. The molecule has 25 heavy (non-hydrogen) atoms. The smallest absolute Gasteiger partial charge is 0.0594 e. The first-order chi connectivity index (χ1) is 11.9. The van der Waals surface area contributed by atoms with Gasteiger partial charge in [-0.15, -0.1) is 0 Å². The zero-order valence-electron chi connectivity index (χ0n) is 18.2. The Hall–Kier alpha value is -0.120. The number of unbranched alkanes of at least 4 members (excludes halogenated alkanes) is 2. The second kappa shape index (κ2) is 11.6. The van der Waals surface area contributed by atoms with Crippen LogP contribution in [0.2, 0.25) is 0 Å². The Kier molecular flexibility index (Phi) is 10.6. The van der Waals surface area contributed by atoms with E-state index in [0.29, 0.717) is 6.17 Å². The minimum absolute atomic E-state index is 0.0847. The number of hydrogen-bond donors (Lipinski definition) is 1. The molecule has 2 unspecified atom stereocenters. The Morgan fingerprint density at radius 3 is 1.60 bits per heavy atom. The van der Waals surface area contributed by atoms with Crippen LogP contribution in [0.3, 0.4) is 0 Å². The first-order valence-electron chi connectivity index (χ1n) is 11.1. The Morgan fingerprint density at radius 2 is 1.28 bits per heavy atom. The van der Waals surface area contributed by atoms with Crippen LogP contribution in [-0.2, 0) is 0 Å². The van der Waals surface area contributed by atoms with Gasteiger partial charge in [-0.1, -0.05) is 66.2 Å². The highest BCUT2D eigenvalue weighted by Gasteiger charge is 2.37. The van der Waals surface area contributed by atoms with Crippen LogP contribution in [0.15, 0.2) is 0 Å². The first kappa shape index (κ1) is 22.9. The van der Waals surface area contributed by atoms with Crippen molar-refractivity contribution in [1.29, 1.82) is 0 Å². The largest absolute Gasteiger partial charge is 0.323 e. The molecule has 0 aliphatic carbocycles. The molecule has 0 spiro atoms. The van der Waals surface area contributed by atoms with Gasteiger partial charge in [0.1, 0.15) is 0 Å². The number of hydrogen-bond acceptors (Lipinski definition) is 3. The Labute approximate surface area is 158 Å². The molecule has 0 amide bonds. The fourth-order valence-electron chi connectivity index (χ4n) is 4.41. The molecule has 0 saturated carbocycles. The molecule has 0 aromatic rings. The van der Waals surface area contributed by atoms with E-state index in [1.54, 1.807) is 0 Å². The summed E-state index contributed by atoms with van der Waals surface area (Å²) in [6.45, 7) is 18.5. The summed E-state index contributed by atoms with van der Waals surface area (Å²) < 4.78 is 0. The molecule has 0 aromatic carbocycles. The number of rotatable bonds is 12. The molecule has 0 bridgehead atoms. The van der Waals surface area contributed by atoms with Crippen LogP contribution >= 0.6 is 0 Å². The molecule has 2 atom stereocenters. The normalized spacial score (nSPS) is 28.2. The van der Waals surface area contributed by atoms with Crippen LogP contribution in [0, 0.1) is 11.8 Å². The molecule has 3 heteroatoms. The van der Waals surface area contributed by atoms with Crippen molar-refractivity contribution >= 4 is 0 Å². The Morgan fingerprint density at radius 1 is 0.880 bits per heavy atom. The zero-order valence-corrected chi connectivity index (χ0v) is 18.2. The van der Waals surface area contributed by atoms with Gasteiger partial charge in [0.15, 0.2) is 0 Å². The van der Waals surface area contributed by atoms with E-state index < -0.39 is 0 Å². The maximum absolute atomic E-state index is 6.67. The van der Waals surface area contributed by atoms with Gasteiger partial charge in [0, 0.05) is 31.7 Å². The van der Waals surface area contributed by atoms with E-state index in [-0.39, 0.29) is 5.54 Å². The summed E-state index contributed by atoms with van der Waals surface area (Å²) in [5.41, 5.74) is 6.59. The van der Waals surface area contributed by atoms with Gasteiger partial charge in [-0.2, -0.15) is 0 Å². The third-order valence-electron chi connectivity index (χ3n) is 6.26. The van der Waals surface area contributed by atoms with Crippen LogP contribution in [0.1, 0.15) is 92.9 Å². The molecule has 1 aliphatic heterocycles. The summed E-state index contributed by atoms with van der Waals surface area (Å²) in [5.74, 6) is 1.64. The summed E-state index contributed by atoms with van der Waals surface area (Å²) in [5, 5.41) is 0. The maximum Gasteiger partial charge on any atom is 0.0594 e. The molecule has 0 radical (unpaired) electrons. The molecule has 1 saturated heterocycles. The van der Waals surface area contributed by atoms with Crippen LogP contribution in [0.5, 0.6) is 0 Å². The SMILES string of the molecule is CCCCC(CC)CN1CC(C)(N)CN(CC(CC)CCCC)C1C. The van der Waals surface area contributed by atoms with Crippen LogP contribution < -0.4 is 5.73 Å². The lowest BCUT2D eigenvalue weighted by molar-refractivity contribution is -0.0374. The van der Waals surface area contributed by atoms with Crippen molar-refractivity contribution in [2.24, 2.45) is 17.6 Å². The van der Waals surface area contributed by atoms with E-state index in [2.05, 4.69) is 51.3 Å². The molecule has 1 fully saturated rings. The van der Waals surface area contributed by atoms with Crippen molar-refractivity contribution in [3.63, 3.8) is 0 Å². The molecule has 3 nitrogen and oxygen atoms in total. The fraction of sp³-hybridized carbons (Fsp3) is 1.00. The topological polar surface area (TPSA) is 32.5 Å². The average Bonchev–Trinajstić information content (AvgIpc) is 2.58. The van der Waals surface area contributed by atoms with Crippen molar-refractivity contribution < 1.29 is 0 Å². The molecule has 0 aromatic heterocycles. The summed E-state index contributed by atoms with van der Waals surface area (Å²) >= 11 is 0. The summed E-state index contributed by atoms with van der Waals surface area (Å²) in [4.78, 5) is 5.36. The molecule has 1 aliphatic rings. The molecule has 1 rings (SSSR count). The van der Waals surface area contributed by atoms with E-state index in [0.717, 1.165) is 24.9 Å². The standard InChI is InChI=1S/C22H47N3/c1-7-11-13-20(9-3)15-24-17-22(6,23)18-25(19(24)5)16-21(10-4)14-12-8-2/h19-21H,7-18,23H2,1-6H3. The van der Waals surface area contributed by atoms with Crippen molar-refractivity contribution in [1.82, 2.24) is 9.80 Å². The molecular formula is C22H47N3. The summed E-state index contributed by atoms with van der Waals surface area (Å²) in [6, 6.07) is 0. The van der Waals surface area contributed by atoms with Gasteiger partial charge < -0.3 is 5.73 Å². The van der Waals surface area contributed by atoms with Gasteiger partial charge >= 0.3 is 0 Å². The van der Waals surface area contributed by atoms with Crippen LogP contribution in [0.4, 0.5) is 0 Å². The highest BCUT2D eigenvalue weighted by Crippen LogP contribution is 2.26. The second-order valence-electron chi connectivity index (χ2n) is 8.98. The van der Waals surface area contributed by atoms with Gasteiger partial charge in [0.2, 0.25) is 0 Å². The average molecular weight is 354 g/mol. The van der Waals surface area contributed by atoms with E-state index in [4.69, 9.17) is 5.73 Å². The van der Waals surface area contributed by atoms with Gasteiger partial charge in [0.05, 0.1) is 6.17 Å². The predicted octanol–water partition coefficient (Wildman–Crippen LogP) is 5.10. The van der Waals surface area contributed by atoms with Crippen molar-refractivity contribution in [3.8, 4) is 0 Å². The van der Waals surface area contributed by atoms with Gasteiger partial charge in [-0.3, -0.25) is 9.80 Å². The second-order valence-corrected chi connectivity index (χ2v) is 8.98. The lowest BCUT2D eigenvalue weighted by Crippen LogP contribution is -2.67. The third-order valence-corrected chi connectivity index (χ3v) is 6.26. The van der Waals surface area contributed by atoms with Crippen LogP contribution in [-0.4, -0.2) is 47.7 Å². The predicted molar refractivity (Wildman–Crippen MR) is 112 cm³/mol. The van der Waals surface area contributed by atoms with Crippen molar-refractivity contribution in [3.05, 3.63) is 0 Å². The quantitative estimate of drug-likeness (QED) is 0.530. The molecule has 150 valence electrons. The Balaban J connectivity index is 2.72. The molecular weight excluding hydrogens is 306 g/mol. The van der Waals surface area contributed by atoms with E-state index >= 15 is 0 Å². The minimum atomic E-state index is -0.0847. The summed E-state index contributed by atoms with van der Waals surface area (Å²) in [6.07, 6.45) is 11.2. The number of nitrogens with two attached hydrogens (primary N) is 1. The Bertz CT molecular complexity index is 312. The van der Waals surface area contributed by atoms with Gasteiger partial charge in [-0.25, -0.2) is 0 Å². The van der Waals surface area contributed by atoms with E-state index in [9.17, 15) is 0 Å². The lowest BCUT2D eigenvalue weighted by Gasteiger charge is -2.50. The molecule has 1 heterocycles. The zero-order chi connectivity index (χ0) is 18.9. The van der Waals surface area contributed by atoms with Crippen molar-refractivity contribution in [2.75, 3.05) is 26.2 Å². The van der Waals surface area contributed by atoms with E-state index in [1.165, 1.54) is 64.5 Å². The van der Waals surface area contributed by atoms with Crippen molar-refractivity contribution in [2.45, 2.75) is 105 Å². The maximum atomic E-state index is 6.67. The monoisotopic (exact) mass is 353 g/mol. The fourth-order valence-corrected chi connectivity index (χ4v) is 4.41. The first-order valence-corrected chi connectivity index (χ1v) is 11.1. The summed E-state index contributed by atoms with van der Waals surface area (Å²) in [7, 11) is 0. The lowest BCUT2D eigenvalue weighted by atomic mass is 9.92. The van der Waals surface area contributed by atoms with Gasteiger partial charge in [-0.05, 0) is 38.5 Å². The highest BCUT2D eigenvalue weighted by atomic mass is 15.4.